The van der Waals surface area contributed by atoms with Gasteiger partial charge in [-0.15, -0.1) is 0 Å². The van der Waals surface area contributed by atoms with Crippen LogP contribution < -0.4 is 5.32 Å². The summed E-state index contributed by atoms with van der Waals surface area (Å²) in [6.45, 7) is 6.54. The van der Waals surface area contributed by atoms with E-state index in [0.717, 1.165) is 24.8 Å². The number of nitro groups is 1. The molecular formula is C17H28N2O2. The predicted octanol–water partition coefficient (Wildman–Crippen LogP) is 4.99. The molecule has 1 N–H and O–H groups in total. The first-order valence-corrected chi connectivity index (χ1v) is 8.12. The van der Waals surface area contributed by atoms with Crippen molar-refractivity contribution < 1.29 is 4.92 Å². The van der Waals surface area contributed by atoms with Crippen molar-refractivity contribution in [1.82, 2.24) is 5.32 Å². The van der Waals surface area contributed by atoms with Gasteiger partial charge in [0, 0.05) is 24.2 Å². The zero-order valence-electron chi connectivity index (χ0n) is 13.5. The summed E-state index contributed by atoms with van der Waals surface area (Å²) in [7, 11) is 0. The van der Waals surface area contributed by atoms with Crippen LogP contribution in [0.25, 0.3) is 0 Å². The van der Waals surface area contributed by atoms with Gasteiger partial charge in [0.05, 0.1) is 4.92 Å². The number of nitrogens with zero attached hydrogens (tertiary/aromatic N) is 1. The van der Waals surface area contributed by atoms with Crippen molar-refractivity contribution in [3.63, 3.8) is 0 Å². The van der Waals surface area contributed by atoms with Crippen LogP contribution in [0.1, 0.15) is 70.9 Å². The summed E-state index contributed by atoms with van der Waals surface area (Å²) < 4.78 is 0. The molecule has 2 atom stereocenters. The van der Waals surface area contributed by atoms with E-state index in [1.54, 1.807) is 18.2 Å². The summed E-state index contributed by atoms with van der Waals surface area (Å²) in [5, 5.41) is 14.6. The van der Waals surface area contributed by atoms with Crippen molar-refractivity contribution >= 4 is 5.69 Å². The number of hydrogen-bond donors (Lipinski definition) is 1. The Labute approximate surface area is 128 Å². The van der Waals surface area contributed by atoms with E-state index in [1.807, 2.05) is 6.07 Å². The molecule has 1 aromatic rings. The van der Waals surface area contributed by atoms with E-state index in [2.05, 4.69) is 26.1 Å². The summed E-state index contributed by atoms with van der Waals surface area (Å²) in [5.74, 6) is 0. The van der Waals surface area contributed by atoms with Crippen LogP contribution in [0.3, 0.4) is 0 Å². The molecule has 0 saturated heterocycles. The first kappa shape index (κ1) is 17.6. The highest BCUT2D eigenvalue weighted by molar-refractivity contribution is 5.35. The number of benzene rings is 1. The van der Waals surface area contributed by atoms with Crippen molar-refractivity contribution in [3.05, 3.63) is 39.9 Å². The third kappa shape index (κ3) is 5.84. The largest absolute Gasteiger partial charge is 0.307 e. The topological polar surface area (TPSA) is 55.2 Å². The smallest absolute Gasteiger partial charge is 0.269 e. The maximum Gasteiger partial charge on any atom is 0.269 e. The van der Waals surface area contributed by atoms with E-state index in [1.165, 1.54) is 19.3 Å². The first-order valence-electron chi connectivity index (χ1n) is 8.12. The molecule has 0 heterocycles. The van der Waals surface area contributed by atoms with Gasteiger partial charge in [0.25, 0.3) is 5.69 Å². The summed E-state index contributed by atoms with van der Waals surface area (Å²) in [5.41, 5.74) is 1.19. The number of nitro benzene ring substituents is 1. The van der Waals surface area contributed by atoms with Gasteiger partial charge in [0.2, 0.25) is 0 Å². The number of non-ortho nitro benzene ring substituents is 1. The molecule has 0 aliphatic heterocycles. The highest BCUT2D eigenvalue weighted by Crippen LogP contribution is 2.23. The SMILES string of the molecule is CCCCC(CCC)NC(CC)c1cccc([N+](=O)[O-])c1. The summed E-state index contributed by atoms with van der Waals surface area (Å²) in [6.07, 6.45) is 6.86. The molecule has 1 aromatic carbocycles. The zero-order valence-corrected chi connectivity index (χ0v) is 13.5. The molecule has 0 fully saturated rings. The average Bonchev–Trinajstić information content (AvgIpc) is 2.50. The minimum absolute atomic E-state index is 0.174. The molecule has 21 heavy (non-hydrogen) atoms. The fraction of sp³-hybridized carbons (Fsp3) is 0.647. The molecule has 0 spiro atoms. The van der Waals surface area contributed by atoms with Crippen LogP contribution >= 0.6 is 0 Å². The quantitative estimate of drug-likeness (QED) is 0.488. The van der Waals surface area contributed by atoms with Gasteiger partial charge < -0.3 is 5.32 Å². The molecular weight excluding hydrogens is 264 g/mol. The molecule has 1 rings (SSSR count). The maximum atomic E-state index is 10.9. The molecule has 0 saturated carbocycles. The summed E-state index contributed by atoms with van der Waals surface area (Å²) in [4.78, 5) is 10.6. The fourth-order valence-corrected chi connectivity index (χ4v) is 2.70. The lowest BCUT2D eigenvalue weighted by Gasteiger charge is -2.25. The fourth-order valence-electron chi connectivity index (χ4n) is 2.70. The van der Waals surface area contributed by atoms with Crippen LogP contribution in [-0.4, -0.2) is 11.0 Å². The lowest BCUT2D eigenvalue weighted by molar-refractivity contribution is -0.384. The molecule has 0 amide bonds. The van der Waals surface area contributed by atoms with Crippen LogP contribution in [0.5, 0.6) is 0 Å². The van der Waals surface area contributed by atoms with Crippen molar-refractivity contribution in [1.29, 1.82) is 0 Å². The minimum atomic E-state index is -0.323. The van der Waals surface area contributed by atoms with E-state index < -0.39 is 0 Å². The standard InChI is InChI=1S/C17H28N2O2/c1-4-7-11-15(9-5-2)18-17(6-3)14-10-8-12-16(13-14)19(20)21/h8,10,12-13,15,17-18H,4-7,9,11H2,1-3H3. The lowest BCUT2D eigenvalue weighted by atomic mass is 9.99. The minimum Gasteiger partial charge on any atom is -0.307 e. The number of unbranched alkanes of at least 4 members (excludes halogenated alkanes) is 1. The molecule has 0 aromatic heterocycles. The number of nitrogens with one attached hydrogen (secondary N) is 1. The monoisotopic (exact) mass is 292 g/mol. The van der Waals surface area contributed by atoms with Crippen LogP contribution in [0, 0.1) is 10.1 Å². The first-order chi connectivity index (χ1) is 10.1. The second-order valence-electron chi connectivity index (χ2n) is 5.61. The molecule has 0 aliphatic rings. The van der Waals surface area contributed by atoms with E-state index in [9.17, 15) is 10.1 Å². The van der Waals surface area contributed by atoms with Crippen LogP contribution in [0.15, 0.2) is 24.3 Å². The van der Waals surface area contributed by atoms with E-state index in [4.69, 9.17) is 0 Å². The van der Waals surface area contributed by atoms with Crippen LogP contribution in [0.2, 0.25) is 0 Å². The molecule has 4 nitrogen and oxygen atoms in total. The lowest BCUT2D eigenvalue weighted by Crippen LogP contribution is -2.32. The van der Waals surface area contributed by atoms with Crippen molar-refractivity contribution in [2.75, 3.05) is 0 Å². The van der Waals surface area contributed by atoms with Gasteiger partial charge in [0.15, 0.2) is 0 Å². The van der Waals surface area contributed by atoms with E-state index in [0.29, 0.717) is 6.04 Å². The average molecular weight is 292 g/mol. The van der Waals surface area contributed by atoms with E-state index >= 15 is 0 Å². The normalized spacial score (nSPS) is 13.9. The Bertz CT molecular complexity index is 435. The van der Waals surface area contributed by atoms with Gasteiger partial charge in [-0.05, 0) is 24.8 Å². The van der Waals surface area contributed by atoms with Gasteiger partial charge in [-0.2, -0.15) is 0 Å². The molecule has 2 unspecified atom stereocenters. The molecule has 0 bridgehead atoms. The van der Waals surface area contributed by atoms with Gasteiger partial charge in [-0.25, -0.2) is 0 Å². The third-order valence-electron chi connectivity index (χ3n) is 3.87. The maximum absolute atomic E-state index is 10.9. The van der Waals surface area contributed by atoms with Gasteiger partial charge >= 0.3 is 0 Å². The van der Waals surface area contributed by atoms with E-state index in [-0.39, 0.29) is 16.7 Å². The Morgan fingerprint density at radius 2 is 1.95 bits per heavy atom. The van der Waals surface area contributed by atoms with Crippen molar-refractivity contribution in [2.24, 2.45) is 0 Å². The Kier molecular flexibility index (Phi) is 7.98. The Morgan fingerprint density at radius 1 is 1.19 bits per heavy atom. The second-order valence-corrected chi connectivity index (χ2v) is 5.61. The summed E-state index contributed by atoms with van der Waals surface area (Å²) >= 11 is 0. The molecule has 0 radical (unpaired) electrons. The van der Waals surface area contributed by atoms with Gasteiger partial charge in [-0.3, -0.25) is 10.1 Å². The highest BCUT2D eigenvalue weighted by atomic mass is 16.6. The zero-order chi connectivity index (χ0) is 15.7. The number of rotatable bonds is 10. The molecule has 4 heteroatoms. The third-order valence-corrected chi connectivity index (χ3v) is 3.87. The van der Waals surface area contributed by atoms with Crippen LogP contribution in [-0.2, 0) is 0 Å². The molecule has 118 valence electrons. The van der Waals surface area contributed by atoms with Crippen molar-refractivity contribution in [3.8, 4) is 0 Å². The Hall–Kier alpha value is -1.42. The Morgan fingerprint density at radius 3 is 2.52 bits per heavy atom. The Balaban J connectivity index is 2.80. The summed E-state index contributed by atoms with van der Waals surface area (Å²) in [6, 6.07) is 7.70. The van der Waals surface area contributed by atoms with Crippen molar-refractivity contribution in [2.45, 2.75) is 71.4 Å². The number of hydrogen-bond acceptors (Lipinski definition) is 3. The van der Waals surface area contributed by atoms with Crippen LogP contribution in [0.4, 0.5) is 5.69 Å². The van der Waals surface area contributed by atoms with Gasteiger partial charge in [-0.1, -0.05) is 52.2 Å². The molecule has 0 aliphatic carbocycles. The predicted molar refractivity (Wildman–Crippen MR) is 87.5 cm³/mol. The highest BCUT2D eigenvalue weighted by Gasteiger charge is 2.17. The van der Waals surface area contributed by atoms with Gasteiger partial charge in [0.1, 0.15) is 0 Å². The second kappa shape index (κ2) is 9.50.